The largest absolute Gasteiger partial charge is 0.509 e. The Morgan fingerprint density at radius 3 is 2.59 bits per heavy atom. The van der Waals surface area contributed by atoms with Crippen LogP contribution in [-0.4, -0.2) is 52.1 Å². The summed E-state index contributed by atoms with van der Waals surface area (Å²) in [7, 11) is 0. The van der Waals surface area contributed by atoms with Crippen molar-refractivity contribution in [1.29, 1.82) is 0 Å². The van der Waals surface area contributed by atoms with Crippen LogP contribution in [0.25, 0.3) is 0 Å². The van der Waals surface area contributed by atoms with Crippen molar-refractivity contribution in [3.8, 4) is 0 Å². The van der Waals surface area contributed by atoms with Crippen molar-refractivity contribution in [2.24, 2.45) is 28.6 Å². The van der Waals surface area contributed by atoms with Crippen molar-refractivity contribution in [2.75, 3.05) is 6.61 Å². The van der Waals surface area contributed by atoms with Crippen LogP contribution in [-0.2, 0) is 19.1 Å². The number of carboxylic acid groups (broad SMARTS) is 1. The second kappa shape index (κ2) is 7.14. The number of carbonyl (C=O) groups excluding carboxylic acids is 2. The van der Waals surface area contributed by atoms with Crippen molar-refractivity contribution in [3.63, 3.8) is 0 Å². The van der Waals surface area contributed by atoms with E-state index in [0.717, 1.165) is 0 Å². The normalized spacial score (nSPS) is 47.1. The summed E-state index contributed by atoms with van der Waals surface area (Å²) in [6, 6.07) is 0. The summed E-state index contributed by atoms with van der Waals surface area (Å²) in [6.45, 7) is 6.71. The van der Waals surface area contributed by atoms with Gasteiger partial charge in [-0.2, -0.15) is 0 Å². The van der Waals surface area contributed by atoms with Gasteiger partial charge in [-0.05, 0) is 57.6 Å². The van der Waals surface area contributed by atoms with Crippen molar-refractivity contribution < 1.29 is 38.5 Å². The summed E-state index contributed by atoms with van der Waals surface area (Å²) in [6.07, 6.45) is 2.78. The molecule has 0 heterocycles. The number of aliphatic carboxylic acids is 1. The average molecular weight is 451 g/mol. The van der Waals surface area contributed by atoms with E-state index in [0.29, 0.717) is 24.8 Å². The van der Waals surface area contributed by atoms with E-state index >= 15 is 4.39 Å². The molecule has 8 heteroatoms. The first kappa shape index (κ1) is 23.0. The quantitative estimate of drug-likeness (QED) is 0.632. The van der Waals surface area contributed by atoms with E-state index in [2.05, 4.69) is 0 Å². The third-order valence-corrected chi connectivity index (χ3v) is 9.01. The number of ketones is 1. The molecule has 0 aromatic carbocycles. The number of alkyl halides is 1. The standard InChI is InChI=1S/C24H31FO7/c1-5-31-20(30)32-24(19(28)29)13(2)10-17-16-7-6-14-11-15(26)8-9-21(14,3)23(16,25)18(27)12-22(17,24)4/h8-9,11,13,16-18,27H,5-7,10,12H2,1-4H3,(H,28,29)/t13-,16-,17-,18-,21-,22-,23-,24-/m0/s1. The van der Waals surface area contributed by atoms with Crippen molar-refractivity contribution in [1.82, 2.24) is 0 Å². The second-order valence-corrected chi connectivity index (χ2v) is 10.2. The molecule has 0 aromatic heterocycles. The maximum absolute atomic E-state index is 17.1. The van der Waals surface area contributed by atoms with Gasteiger partial charge in [-0.1, -0.05) is 25.5 Å². The number of hydrogen-bond acceptors (Lipinski definition) is 6. The number of rotatable bonds is 3. The summed E-state index contributed by atoms with van der Waals surface area (Å²) in [5, 5.41) is 21.6. The van der Waals surface area contributed by atoms with E-state index in [1.807, 2.05) is 0 Å². The number of hydrogen-bond donors (Lipinski definition) is 2. The Bertz CT molecular complexity index is 927. The van der Waals surface area contributed by atoms with Crippen LogP contribution in [0.5, 0.6) is 0 Å². The van der Waals surface area contributed by atoms with Crippen LogP contribution in [0.1, 0.15) is 53.4 Å². The summed E-state index contributed by atoms with van der Waals surface area (Å²) in [4.78, 5) is 36.8. The molecule has 4 aliphatic rings. The number of allylic oxidation sites excluding steroid dienone is 4. The molecule has 32 heavy (non-hydrogen) atoms. The molecule has 7 nitrogen and oxygen atoms in total. The number of aliphatic hydroxyl groups excluding tert-OH is 1. The minimum atomic E-state index is -2.07. The van der Waals surface area contributed by atoms with Gasteiger partial charge in [0.25, 0.3) is 0 Å². The van der Waals surface area contributed by atoms with Crippen LogP contribution in [0.15, 0.2) is 23.8 Å². The average Bonchev–Trinajstić information content (AvgIpc) is 2.92. The molecule has 3 fully saturated rings. The molecule has 8 atom stereocenters. The Kier molecular flexibility index (Phi) is 5.12. The summed E-state index contributed by atoms with van der Waals surface area (Å²) >= 11 is 0. The van der Waals surface area contributed by atoms with Gasteiger partial charge in [0.05, 0.1) is 12.7 Å². The molecule has 0 spiro atoms. The van der Waals surface area contributed by atoms with Crippen LogP contribution in [0, 0.1) is 28.6 Å². The fourth-order valence-corrected chi connectivity index (χ4v) is 7.53. The lowest BCUT2D eigenvalue weighted by Crippen LogP contribution is -2.69. The van der Waals surface area contributed by atoms with E-state index < -0.39 is 58.1 Å². The van der Waals surface area contributed by atoms with Gasteiger partial charge in [0, 0.05) is 22.7 Å². The smallest absolute Gasteiger partial charge is 0.478 e. The molecule has 2 N–H and O–H groups in total. The van der Waals surface area contributed by atoms with E-state index in [9.17, 15) is 24.6 Å². The molecule has 176 valence electrons. The second-order valence-electron chi connectivity index (χ2n) is 10.2. The van der Waals surface area contributed by atoms with Gasteiger partial charge in [0.15, 0.2) is 11.5 Å². The first-order valence-electron chi connectivity index (χ1n) is 11.3. The topological polar surface area (TPSA) is 110 Å². The van der Waals surface area contributed by atoms with Crippen LogP contribution in [0.3, 0.4) is 0 Å². The van der Waals surface area contributed by atoms with E-state index in [4.69, 9.17) is 9.47 Å². The Balaban J connectivity index is 1.82. The van der Waals surface area contributed by atoms with E-state index in [1.54, 1.807) is 33.8 Å². The Labute approximate surface area is 186 Å². The fraction of sp³-hybridized carbons (Fsp3) is 0.708. The molecule has 0 aromatic rings. The maximum atomic E-state index is 17.1. The summed E-state index contributed by atoms with van der Waals surface area (Å²) in [5.41, 5.74) is -5.72. The molecule has 0 bridgehead atoms. The van der Waals surface area contributed by atoms with Gasteiger partial charge in [0.2, 0.25) is 5.60 Å². The third kappa shape index (κ3) is 2.59. The monoisotopic (exact) mass is 450 g/mol. The number of carboxylic acids is 1. The van der Waals surface area contributed by atoms with Crippen LogP contribution >= 0.6 is 0 Å². The van der Waals surface area contributed by atoms with Crippen molar-refractivity contribution >= 4 is 17.9 Å². The lowest BCUT2D eigenvalue weighted by molar-refractivity contribution is -0.228. The van der Waals surface area contributed by atoms with Crippen LogP contribution in [0.2, 0.25) is 0 Å². The van der Waals surface area contributed by atoms with Gasteiger partial charge in [-0.25, -0.2) is 14.0 Å². The number of halogens is 1. The van der Waals surface area contributed by atoms with E-state index in [1.165, 1.54) is 12.2 Å². The first-order chi connectivity index (χ1) is 14.9. The predicted molar refractivity (Wildman–Crippen MR) is 111 cm³/mol. The number of ether oxygens (including phenoxy) is 2. The lowest BCUT2D eigenvalue weighted by atomic mass is 9.45. The zero-order valence-electron chi connectivity index (χ0n) is 18.9. The molecule has 0 saturated heterocycles. The highest BCUT2D eigenvalue weighted by Crippen LogP contribution is 2.71. The summed E-state index contributed by atoms with van der Waals surface area (Å²) < 4.78 is 27.5. The SMILES string of the molecule is CCOC(=O)O[C@]1(C(=O)O)[C@@H](C)C[C@H]2[C@@H]3CCC4=CC(=O)C=C[C@]4(C)[C@@]3(F)[C@@H](O)C[C@@]21C. The van der Waals surface area contributed by atoms with Gasteiger partial charge in [0.1, 0.15) is 0 Å². The molecule has 0 radical (unpaired) electrons. The van der Waals surface area contributed by atoms with Gasteiger partial charge < -0.3 is 19.7 Å². The molecule has 4 aliphatic carbocycles. The first-order valence-corrected chi connectivity index (χ1v) is 11.3. The van der Waals surface area contributed by atoms with Gasteiger partial charge >= 0.3 is 12.1 Å². The highest BCUT2D eigenvalue weighted by atomic mass is 19.1. The Morgan fingerprint density at radius 2 is 1.97 bits per heavy atom. The summed E-state index contributed by atoms with van der Waals surface area (Å²) in [5.74, 6) is -3.22. The molecule has 0 unspecified atom stereocenters. The zero-order valence-corrected chi connectivity index (χ0v) is 18.9. The molecule has 4 rings (SSSR count). The van der Waals surface area contributed by atoms with E-state index in [-0.39, 0.29) is 18.8 Å². The van der Waals surface area contributed by atoms with Crippen LogP contribution in [0.4, 0.5) is 9.18 Å². The molecule has 0 aliphatic heterocycles. The highest BCUT2D eigenvalue weighted by Gasteiger charge is 2.77. The fourth-order valence-electron chi connectivity index (χ4n) is 7.53. The molecular weight excluding hydrogens is 419 g/mol. The number of aliphatic hydroxyl groups is 1. The Morgan fingerprint density at radius 1 is 1.28 bits per heavy atom. The Hall–Kier alpha value is -2.22. The zero-order chi connectivity index (χ0) is 23.7. The highest BCUT2D eigenvalue weighted by molar-refractivity contribution is 6.01. The number of fused-ring (bicyclic) bond motifs is 5. The van der Waals surface area contributed by atoms with Crippen molar-refractivity contribution in [2.45, 2.75) is 70.8 Å². The molecule has 3 saturated carbocycles. The maximum Gasteiger partial charge on any atom is 0.509 e. The van der Waals surface area contributed by atoms with Gasteiger partial charge in [-0.3, -0.25) is 4.79 Å². The number of carbonyl (C=O) groups is 3. The van der Waals surface area contributed by atoms with Crippen molar-refractivity contribution in [3.05, 3.63) is 23.8 Å². The minimum Gasteiger partial charge on any atom is -0.478 e. The third-order valence-electron chi connectivity index (χ3n) is 9.01. The minimum absolute atomic E-state index is 0.0282. The van der Waals surface area contributed by atoms with Crippen LogP contribution < -0.4 is 0 Å². The van der Waals surface area contributed by atoms with Gasteiger partial charge in [-0.15, -0.1) is 0 Å². The lowest BCUT2D eigenvalue weighted by Gasteiger charge is -2.62. The predicted octanol–water partition coefficient (Wildman–Crippen LogP) is 3.60. The molecular formula is C24H31FO7. The molecule has 0 amide bonds.